The van der Waals surface area contributed by atoms with E-state index in [0.717, 1.165) is 26.9 Å². The van der Waals surface area contributed by atoms with Crippen molar-refractivity contribution in [1.29, 1.82) is 0 Å². The number of halogens is 1. The Balaban J connectivity index is 2.28. The Hall–Kier alpha value is -1.39. The average Bonchev–Trinajstić information content (AvgIpc) is 2.34. The van der Waals surface area contributed by atoms with Crippen molar-refractivity contribution in [3.8, 4) is 11.6 Å². The molecule has 0 aliphatic heterocycles. The highest BCUT2D eigenvalue weighted by molar-refractivity contribution is 9.10. The number of aromatic nitrogens is 1. The Bertz CT molecular complexity index is 570. The number of nitrogens with zero attached hydrogens (tertiary/aromatic N) is 1. The Kier molecular flexibility index (Phi) is 3.99. The van der Waals surface area contributed by atoms with Gasteiger partial charge in [0.25, 0.3) is 0 Å². The van der Waals surface area contributed by atoms with Crippen molar-refractivity contribution in [2.75, 3.05) is 0 Å². The Morgan fingerprint density at radius 2 is 2.00 bits per heavy atom. The summed E-state index contributed by atoms with van der Waals surface area (Å²) in [6.45, 7) is 3.89. The zero-order valence-corrected chi connectivity index (χ0v) is 11.9. The lowest BCUT2D eigenvalue weighted by Gasteiger charge is -2.10. The first-order valence-electron chi connectivity index (χ1n) is 5.60. The molecular weight excluding hydrogens is 294 g/mol. The number of pyridine rings is 1. The third-order valence-corrected chi connectivity index (χ3v) is 3.11. The van der Waals surface area contributed by atoms with Gasteiger partial charge in [0.15, 0.2) is 0 Å². The Morgan fingerprint density at radius 1 is 1.22 bits per heavy atom. The summed E-state index contributed by atoms with van der Waals surface area (Å²) in [7, 11) is 0. The predicted octanol–water partition coefficient (Wildman–Crippen LogP) is 3.75. The van der Waals surface area contributed by atoms with Gasteiger partial charge in [0.1, 0.15) is 5.75 Å². The monoisotopic (exact) mass is 307 g/mol. The maximum Gasteiger partial charge on any atom is 0.222 e. The van der Waals surface area contributed by atoms with Gasteiger partial charge in [0, 0.05) is 16.2 Å². The molecule has 18 heavy (non-hydrogen) atoms. The van der Waals surface area contributed by atoms with E-state index in [-0.39, 0.29) is 6.61 Å². The maximum absolute atomic E-state index is 9.03. The zero-order chi connectivity index (χ0) is 13.1. The molecule has 0 spiro atoms. The summed E-state index contributed by atoms with van der Waals surface area (Å²) >= 11 is 3.42. The van der Waals surface area contributed by atoms with E-state index in [0.29, 0.717) is 5.88 Å². The van der Waals surface area contributed by atoms with E-state index in [1.54, 1.807) is 6.20 Å². The van der Waals surface area contributed by atoms with Crippen LogP contribution in [-0.2, 0) is 6.61 Å². The molecule has 0 unspecified atom stereocenters. The maximum atomic E-state index is 9.03. The smallest absolute Gasteiger partial charge is 0.222 e. The molecule has 0 amide bonds. The van der Waals surface area contributed by atoms with Crippen molar-refractivity contribution >= 4 is 15.9 Å². The van der Waals surface area contributed by atoms with Crippen LogP contribution in [0.4, 0.5) is 0 Å². The van der Waals surface area contributed by atoms with Gasteiger partial charge in [-0.15, -0.1) is 0 Å². The van der Waals surface area contributed by atoms with Gasteiger partial charge in [-0.25, -0.2) is 4.98 Å². The van der Waals surface area contributed by atoms with E-state index in [2.05, 4.69) is 20.9 Å². The minimum absolute atomic E-state index is 0.00850. The minimum atomic E-state index is -0.00850. The number of aryl methyl sites for hydroxylation is 2. The highest BCUT2D eigenvalue weighted by Gasteiger charge is 2.06. The summed E-state index contributed by atoms with van der Waals surface area (Å²) in [5.74, 6) is 1.35. The Morgan fingerprint density at radius 3 is 2.61 bits per heavy atom. The second-order valence-electron chi connectivity index (χ2n) is 4.14. The molecule has 1 aromatic carbocycles. The quantitative estimate of drug-likeness (QED) is 0.939. The van der Waals surface area contributed by atoms with Crippen molar-refractivity contribution < 1.29 is 9.84 Å². The molecule has 1 aromatic heterocycles. The zero-order valence-electron chi connectivity index (χ0n) is 10.3. The van der Waals surface area contributed by atoms with Crippen LogP contribution in [0.5, 0.6) is 11.6 Å². The third-order valence-electron chi connectivity index (χ3n) is 2.61. The van der Waals surface area contributed by atoms with Crippen LogP contribution < -0.4 is 4.74 Å². The minimum Gasteiger partial charge on any atom is -0.438 e. The molecule has 2 aromatic rings. The fourth-order valence-corrected chi connectivity index (χ4v) is 2.12. The first-order valence-corrected chi connectivity index (χ1v) is 6.40. The average molecular weight is 308 g/mol. The summed E-state index contributed by atoms with van der Waals surface area (Å²) in [6.07, 6.45) is 1.62. The molecule has 0 bridgehead atoms. The van der Waals surface area contributed by atoms with Crippen LogP contribution in [0.1, 0.15) is 16.7 Å². The summed E-state index contributed by atoms with van der Waals surface area (Å²) in [5.41, 5.74) is 2.73. The predicted molar refractivity (Wildman–Crippen MR) is 73.8 cm³/mol. The highest BCUT2D eigenvalue weighted by atomic mass is 79.9. The molecule has 94 valence electrons. The topological polar surface area (TPSA) is 42.4 Å². The molecule has 0 saturated heterocycles. The van der Waals surface area contributed by atoms with E-state index in [4.69, 9.17) is 9.84 Å². The molecular formula is C14H14BrNO2. The SMILES string of the molecule is Cc1cc(Br)ccc1Oc1ncc(CO)cc1C. The largest absolute Gasteiger partial charge is 0.438 e. The molecule has 0 saturated carbocycles. The fraction of sp³-hybridized carbons (Fsp3) is 0.214. The molecule has 4 heteroatoms. The van der Waals surface area contributed by atoms with Gasteiger partial charge in [-0.3, -0.25) is 0 Å². The second kappa shape index (κ2) is 5.50. The number of aliphatic hydroxyl groups is 1. The molecule has 2 rings (SSSR count). The first-order chi connectivity index (χ1) is 8.60. The van der Waals surface area contributed by atoms with E-state index >= 15 is 0 Å². The van der Waals surface area contributed by atoms with Crippen molar-refractivity contribution in [2.45, 2.75) is 20.5 Å². The number of ether oxygens (including phenoxy) is 1. The van der Waals surface area contributed by atoms with Gasteiger partial charge in [0.05, 0.1) is 6.61 Å². The lowest BCUT2D eigenvalue weighted by atomic mass is 10.2. The van der Waals surface area contributed by atoms with Crippen molar-refractivity contribution in [3.63, 3.8) is 0 Å². The Labute approximate surface area is 115 Å². The van der Waals surface area contributed by atoms with Gasteiger partial charge in [-0.05, 0) is 49.2 Å². The summed E-state index contributed by atoms with van der Waals surface area (Å²) in [4.78, 5) is 4.21. The van der Waals surface area contributed by atoms with Gasteiger partial charge < -0.3 is 9.84 Å². The van der Waals surface area contributed by atoms with Gasteiger partial charge in [-0.2, -0.15) is 0 Å². The number of rotatable bonds is 3. The van der Waals surface area contributed by atoms with Crippen molar-refractivity contribution in [3.05, 3.63) is 51.6 Å². The number of aliphatic hydroxyl groups excluding tert-OH is 1. The van der Waals surface area contributed by atoms with E-state index < -0.39 is 0 Å². The van der Waals surface area contributed by atoms with Crippen LogP contribution in [0, 0.1) is 13.8 Å². The fourth-order valence-electron chi connectivity index (χ4n) is 1.65. The second-order valence-corrected chi connectivity index (χ2v) is 5.05. The van der Waals surface area contributed by atoms with Crippen LogP contribution in [0.3, 0.4) is 0 Å². The van der Waals surface area contributed by atoms with Crippen LogP contribution in [-0.4, -0.2) is 10.1 Å². The molecule has 0 radical (unpaired) electrons. The molecule has 0 atom stereocenters. The number of hydrogen-bond acceptors (Lipinski definition) is 3. The lowest BCUT2D eigenvalue weighted by Crippen LogP contribution is -1.95. The van der Waals surface area contributed by atoms with Gasteiger partial charge in [-0.1, -0.05) is 15.9 Å². The van der Waals surface area contributed by atoms with Crippen molar-refractivity contribution in [1.82, 2.24) is 4.98 Å². The molecule has 1 N–H and O–H groups in total. The molecule has 0 aliphatic rings. The van der Waals surface area contributed by atoms with Crippen LogP contribution in [0.25, 0.3) is 0 Å². The summed E-state index contributed by atoms with van der Waals surface area (Å²) < 4.78 is 6.80. The number of benzene rings is 1. The summed E-state index contributed by atoms with van der Waals surface area (Å²) in [6, 6.07) is 7.70. The third kappa shape index (κ3) is 2.89. The normalized spacial score (nSPS) is 10.4. The number of hydrogen-bond donors (Lipinski definition) is 1. The summed E-state index contributed by atoms with van der Waals surface area (Å²) in [5, 5.41) is 9.03. The molecule has 0 fully saturated rings. The van der Waals surface area contributed by atoms with Gasteiger partial charge in [0.2, 0.25) is 5.88 Å². The van der Waals surface area contributed by atoms with E-state index in [9.17, 15) is 0 Å². The molecule has 1 heterocycles. The highest BCUT2D eigenvalue weighted by Crippen LogP contribution is 2.28. The lowest BCUT2D eigenvalue weighted by molar-refractivity contribution is 0.281. The first kappa shape index (κ1) is 13.1. The van der Waals surface area contributed by atoms with Crippen LogP contribution in [0.2, 0.25) is 0 Å². The van der Waals surface area contributed by atoms with Crippen LogP contribution in [0.15, 0.2) is 34.9 Å². The standard InChI is InChI=1S/C14H14BrNO2/c1-9-6-12(15)3-4-13(9)18-14-10(2)5-11(8-17)7-16-14/h3-7,17H,8H2,1-2H3. The molecule has 3 nitrogen and oxygen atoms in total. The molecule has 0 aliphatic carbocycles. The van der Waals surface area contributed by atoms with Crippen molar-refractivity contribution in [2.24, 2.45) is 0 Å². The van der Waals surface area contributed by atoms with Gasteiger partial charge >= 0.3 is 0 Å². The van der Waals surface area contributed by atoms with E-state index in [1.807, 2.05) is 38.1 Å². The van der Waals surface area contributed by atoms with Crippen LogP contribution >= 0.6 is 15.9 Å². The van der Waals surface area contributed by atoms with E-state index in [1.165, 1.54) is 0 Å².